The zero-order valence-electron chi connectivity index (χ0n) is 14.4. The molecule has 3 heterocycles. The topological polar surface area (TPSA) is 92.3 Å². The molecule has 1 aromatic carbocycles. The Labute approximate surface area is 159 Å². The third kappa shape index (κ3) is 3.34. The van der Waals surface area contributed by atoms with Crippen LogP contribution in [0.3, 0.4) is 0 Å². The Morgan fingerprint density at radius 2 is 1.77 bits per heavy atom. The molecule has 1 N–H and O–H groups in total. The molecule has 0 unspecified atom stereocenters. The molecule has 7 nitrogen and oxygen atoms in total. The van der Waals surface area contributed by atoms with Crippen molar-refractivity contribution >= 4 is 64.2 Å². The molecule has 1 aliphatic heterocycles. The molecular formula is C16H18N4O3S3. The number of carbonyl (C=O) groups excluding carboxylic acids is 1. The predicted octanol–water partition coefficient (Wildman–Crippen LogP) is 2.82. The van der Waals surface area contributed by atoms with E-state index in [4.69, 9.17) is 0 Å². The number of hydrogen-bond donors (Lipinski definition) is 1. The van der Waals surface area contributed by atoms with Gasteiger partial charge in [-0.3, -0.25) is 4.79 Å². The second kappa shape index (κ2) is 6.52. The number of rotatable bonds is 3. The van der Waals surface area contributed by atoms with Gasteiger partial charge in [0.25, 0.3) is 0 Å². The van der Waals surface area contributed by atoms with E-state index >= 15 is 0 Å². The van der Waals surface area contributed by atoms with E-state index in [2.05, 4.69) is 15.3 Å². The SMILES string of the molecule is Cc1nc2ccc3nc(NC(=O)C4CCN(S(C)(=O)=O)CC4)sc3c2s1. The Balaban J connectivity index is 1.50. The van der Waals surface area contributed by atoms with E-state index in [0.29, 0.717) is 31.1 Å². The van der Waals surface area contributed by atoms with Gasteiger partial charge < -0.3 is 5.32 Å². The zero-order chi connectivity index (χ0) is 18.5. The summed E-state index contributed by atoms with van der Waals surface area (Å²) in [7, 11) is -3.18. The van der Waals surface area contributed by atoms with Crippen LogP contribution >= 0.6 is 22.7 Å². The largest absolute Gasteiger partial charge is 0.302 e. The average Bonchev–Trinajstić information content (AvgIpc) is 3.15. The predicted molar refractivity (Wildman–Crippen MR) is 105 cm³/mol. The van der Waals surface area contributed by atoms with E-state index in [1.165, 1.54) is 21.9 Å². The minimum atomic E-state index is -3.18. The number of piperidine rings is 1. The highest BCUT2D eigenvalue weighted by atomic mass is 32.2. The molecule has 0 radical (unpaired) electrons. The van der Waals surface area contributed by atoms with E-state index in [0.717, 1.165) is 25.4 Å². The molecule has 1 fully saturated rings. The smallest absolute Gasteiger partial charge is 0.229 e. The van der Waals surface area contributed by atoms with E-state index < -0.39 is 10.0 Å². The highest BCUT2D eigenvalue weighted by Gasteiger charge is 2.29. The molecule has 1 saturated heterocycles. The third-order valence-electron chi connectivity index (χ3n) is 4.54. The molecule has 0 atom stereocenters. The minimum Gasteiger partial charge on any atom is -0.302 e. The van der Waals surface area contributed by atoms with Crippen LogP contribution < -0.4 is 5.32 Å². The lowest BCUT2D eigenvalue weighted by molar-refractivity contribution is -0.120. The van der Waals surface area contributed by atoms with Crippen LogP contribution in [0.1, 0.15) is 17.8 Å². The van der Waals surface area contributed by atoms with E-state index in [1.54, 1.807) is 11.3 Å². The lowest BCUT2D eigenvalue weighted by atomic mass is 9.97. The third-order valence-corrected chi connectivity index (χ3v) is 7.98. The lowest BCUT2D eigenvalue weighted by Gasteiger charge is -2.29. The van der Waals surface area contributed by atoms with Crippen molar-refractivity contribution in [3.8, 4) is 0 Å². The van der Waals surface area contributed by atoms with Gasteiger partial charge in [-0.25, -0.2) is 22.7 Å². The summed E-state index contributed by atoms with van der Waals surface area (Å²) in [5, 5.41) is 4.49. The molecule has 26 heavy (non-hydrogen) atoms. The molecule has 0 spiro atoms. The summed E-state index contributed by atoms with van der Waals surface area (Å²) in [6.45, 7) is 2.75. The number of nitrogens with one attached hydrogen (secondary N) is 1. The fraction of sp³-hybridized carbons (Fsp3) is 0.438. The van der Waals surface area contributed by atoms with E-state index in [-0.39, 0.29) is 11.8 Å². The van der Waals surface area contributed by atoms with Gasteiger partial charge in [0.15, 0.2) is 5.13 Å². The summed E-state index contributed by atoms with van der Waals surface area (Å²) in [6.07, 6.45) is 2.26. The van der Waals surface area contributed by atoms with Crippen LogP contribution in [0.25, 0.3) is 20.4 Å². The number of aromatic nitrogens is 2. The molecule has 3 aromatic rings. The molecule has 10 heteroatoms. The first-order chi connectivity index (χ1) is 12.3. The summed E-state index contributed by atoms with van der Waals surface area (Å²) in [4.78, 5) is 21.6. The van der Waals surface area contributed by atoms with Crippen LogP contribution in [0, 0.1) is 12.8 Å². The van der Waals surface area contributed by atoms with Crippen molar-refractivity contribution in [3.05, 3.63) is 17.1 Å². The number of benzene rings is 1. The maximum absolute atomic E-state index is 12.5. The number of nitrogens with zero attached hydrogens (tertiary/aromatic N) is 3. The van der Waals surface area contributed by atoms with Crippen molar-refractivity contribution in [1.29, 1.82) is 0 Å². The van der Waals surface area contributed by atoms with Gasteiger partial charge >= 0.3 is 0 Å². The van der Waals surface area contributed by atoms with Crippen molar-refractivity contribution in [2.75, 3.05) is 24.7 Å². The van der Waals surface area contributed by atoms with E-state index in [1.807, 2.05) is 19.1 Å². The summed E-state index contributed by atoms with van der Waals surface area (Å²) in [6, 6.07) is 3.88. The number of amides is 1. The van der Waals surface area contributed by atoms with Crippen molar-refractivity contribution in [2.45, 2.75) is 19.8 Å². The van der Waals surface area contributed by atoms with Gasteiger partial charge in [0.2, 0.25) is 15.9 Å². The average molecular weight is 411 g/mol. The normalized spacial score (nSPS) is 17.2. The van der Waals surface area contributed by atoms with Crippen LogP contribution in [0.15, 0.2) is 12.1 Å². The van der Waals surface area contributed by atoms with Crippen LogP contribution in [-0.4, -0.2) is 47.9 Å². The highest BCUT2D eigenvalue weighted by molar-refractivity contribution is 7.88. The van der Waals surface area contributed by atoms with Gasteiger partial charge in [-0.15, -0.1) is 11.3 Å². The van der Waals surface area contributed by atoms with Crippen molar-refractivity contribution < 1.29 is 13.2 Å². The van der Waals surface area contributed by atoms with Gasteiger partial charge in [0, 0.05) is 19.0 Å². The van der Waals surface area contributed by atoms with Crippen LogP contribution in [0.4, 0.5) is 5.13 Å². The number of thiazole rings is 2. The number of carbonyl (C=O) groups is 1. The van der Waals surface area contributed by atoms with Gasteiger partial charge in [-0.2, -0.15) is 0 Å². The first-order valence-electron chi connectivity index (χ1n) is 8.24. The second-order valence-electron chi connectivity index (χ2n) is 6.44. The summed E-state index contributed by atoms with van der Waals surface area (Å²) >= 11 is 3.09. The first kappa shape index (κ1) is 17.8. The molecule has 0 bridgehead atoms. The summed E-state index contributed by atoms with van der Waals surface area (Å²) < 4.78 is 26.7. The lowest BCUT2D eigenvalue weighted by Crippen LogP contribution is -2.40. The van der Waals surface area contributed by atoms with Crippen LogP contribution in [-0.2, 0) is 14.8 Å². The Kier molecular flexibility index (Phi) is 4.46. The number of sulfonamides is 1. The van der Waals surface area contributed by atoms with Crippen molar-refractivity contribution in [3.63, 3.8) is 0 Å². The second-order valence-corrected chi connectivity index (χ2v) is 10.6. The van der Waals surface area contributed by atoms with Crippen molar-refractivity contribution in [1.82, 2.24) is 14.3 Å². The van der Waals surface area contributed by atoms with Crippen LogP contribution in [0.5, 0.6) is 0 Å². The quantitative estimate of drug-likeness (QED) is 0.717. The number of fused-ring (bicyclic) bond motifs is 3. The Hall–Kier alpha value is -1.62. The first-order valence-corrected chi connectivity index (χ1v) is 11.7. The van der Waals surface area contributed by atoms with Crippen LogP contribution in [0.2, 0.25) is 0 Å². The number of anilines is 1. The van der Waals surface area contributed by atoms with Gasteiger partial charge in [-0.1, -0.05) is 11.3 Å². The molecule has 1 amide bonds. The Morgan fingerprint density at radius 1 is 1.15 bits per heavy atom. The van der Waals surface area contributed by atoms with Gasteiger partial charge in [0.05, 0.1) is 31.7 Å². The molecule has 0 saturated carbocycles. The number of hydrogen-bond acceptors (Lipinski definition) is 7. The zero-order valence-corrected chi connectivity index (χ0v) is 16.8. The monoisotopic (exact) mass is 410 g/mol. The Morgan fingerprint density at radius 3 is 2.42 bits per heavy atom. The molecule has 1 aliphatic rings. The molecule has 0 aliphatic carbocycles. The standard InChI is InChI=1S/C16H18N4O3S3/c1-9-17-11-3-4-12-14(13(11)24-9)25-16(18-12)19-15(21)10-5-7-20(8-6-10)26(2,22)23/h3-4,10H,5-8H2,1-2H3,(H,18,19,21). The van der Waals surface area contributed by atoms with Gasteiger partial charge in [0.1, 0.15) is 0 Å². The molecular weight excluding hydrogens is 392 g/mol. The highest BCUT2D eigenvalue weighted by Crippen LogP contribution is 2.36. The molecule has 4 rings (SSSR count). The summed E-state index contributed by atoms with van der Waals surface area (Å²) in [5.41, 5.74) is 1.81. The summed E-state index contributed by atoms with van der Waals surface area (Å²) in [5.74, 6) is -0.278. The van der Waals surface area contributed by atoms with E-state index in [9.17, 15) is 13.2 Å². The minimum absolute atomic E-state index is 0.0889. The molecule has 138 valence electrons. The number of aryl methyl sites for hydroxylation is 1. The fourth-order valence-corrected chi connectivity index (χ4v) is 6.08. The molecule has 2 aromatic heterocycles. The van der Waals surface area contributed by atoms with Gasteiger partial charge in [-0.05, 0) is 31.9 Å². The maximum atomic E-state index is 12.5. The fourth-order valence-electron chi connectivity index (χ4n) is 3.19. The Bertz CT molecular complexity index is 1090. The van der Waals surface area contributed by atoms with Crippen molar-refractivity contribution in [2.24, 2.45) is 5.92 Å². The maximum Gasteiger partial charge on any atom is 0.229 e.